The Morgan fingerprint density at radius 2 is 1.49 bits per heavy atom. The second-order valence-corrected chi connectivity index (χ2v) is 9.88. The molecular formula is C30H30F3N3O5. The Bertz CT molecular complexity index is 1340. The van der Waals surface area contributed by atoms with Crippen LogP contribution in [0.2, 0.25) is 0 Å². The molecule has 8 nitrogen and oxygen atoms in total. The third-order valence-electron chi connectivity index (χ3n) is 6.92. The quantitative estimate of drug-likeness (QED) is 0.316. The summed E-state index contributed by atoms with van der Waals surface area (Å²) in [6, 6.07) is 23.5. The molecule has 2 unspecified atom stereocenters. The van der Waals surface area contributed by atoms with Crippen molar-refractivity contribution in [1.29, 1.82) is 0 Å². The number of carbonyl (C=O) groups is 3. The third-order valence-corrected chi connectivity index (χ3v) is 6.92. The van der Waals surface area contributed by atoms with E-state index in [1.54, 1.807) is 11.9 Å². The molecule has 3 aromatic carbocycles. The van der Waals surface area contributed by atoms with Gasteiger partial charge in [0.2, 0.25) is 5.91 Å². The molecule has 0 saturated heterocycles. The molecule has 4 rings (SSSR count). The summed E-state index contributed by atoms with van der Waals surface area (Å²) in [6.07, 6.45) is -5.98. The van der Waals surface area contributed by atoms with Crippen LogP contribution >= 0.6 is 0 Å². The van der Waals surface area contributed by atoms with Crippen molar-refractivity contribution in [3.05, 3.63) is 95.6 Å². The van der Waals surface area contributed by atoms with Crippen LogP contribution in [-0.2, 0) is 20.9 Å². The van der Waals surface area contributed by atoms with Gasteiger partial charge < -0.3 is 20.5 Å². The highest BCUT2D eigenvalue weighted by Crippen LogP contribution is 2.44. The summed E-state index contributed by atoms with van der Waals surface area (Å²) in [5.41, 5.74) is 4.97. The fourth-order valence-electron chi connectivity index (χ4n) is 4.92. The van der Waals surface area contributed by atoms with Gasteiger partial charge in [0, 0.05) is 25.6 Å². The van der Waals surface area contributed by atoms with Crippen LogP contribution in [0.15, 0.2) is 78.9 Å². The second kappa shape index (κ2) is 12.9. The number of carbonyl (C=O) groups excluding carboxylic acids is 2. The highest BCUT2D eigenvalue weighted by atomic mass is 19.4. The number of hydrogen-bond donors (Lipinski definition) is 3. The standard InChI is InChI=1S/C30H30F3N3O5/c1-36(16-19-9-3-2-4-10-19)17-26(27(37)34-15-25(28(38)39)30(31,32)33)35-29(40)41-18-24-22-13-7-5-11-20(22)21-12-6-8-14-23(21)24/h2-14,24-26H,15-18H2,1H3,(H,34,37)(H,35,40)(H,38,39). The van der Waals surface area contributed by atoms with E-state index in [2.05, 4.69) is 5.32 Å². The number of amides is 2. The number of alkyl halides is 3. The van der Waals surface area contributed by atoms with E-state index in [1.807, 2.05) is 84.2 Å². The van der Waals surface area contributed by atoms with Gasteiger partial charge in [0.05, 0.1) is 0 Å². The van der Waals surface area contributed by atoms with E-state index in [4.69, 9.17) is 9.84 Å². The van der Waals surface area contributed by atoms with E-state index in [0.717, 1.165) is 27.8 Å². The lowest BCUT2D eigenvalue weighted by molar-refractivity contribution is -0.192. The van der Waals surface area contributed by atoms with Gasteiger partial charge in [0.25, 0.3) is 0 Å². The number of nitrogens with zero attached hydrogens (tertiary/aromatic N) is 1. The molecule has 3 aromatic rings. The van der Waals surface area contributed by atoms with Crippen molar-refractivity contribution in [3.63, 3.8) is 0 Å². The SMILES string of the molecule is CN(Cc1ccccc1)CC(NC(=O)OCC1c2ccccc2-c2ccccc21)C(=O)NCC(C(=O)O)C(F)(F)F. The van der Waals surface area contributed by atoms with Crippen LogP contribution in [0.3, 0.4) is 0 Å². The first-order valence-electron chi connectivity index (χ1n) is 13.0. The summed E-state index contributed by atoms with van der Waals surface area (Å²) < 4.78 is 44.9. The summed E-state index contributed by atoms with van der Waals surface area (Å²) in [7, 11) is 1.68. The van der Waals surface area contributed by atoms with Crippen LogP contribution in [0.1, 0.15) is 22.6 Å². The highest BCUT2D eigenvalue weighted by molar-refractivity contribution is 5.86. The maximum Gasteiger partial charge on any atom is 0.407 e. The minimum absolute atomic E-state index is 0.0246. The lowest BCUT2D eigenvalue weighted by Gasteiger charge is -2.25. The van der Waals surface area contributed by atoms with Gasteiger partial charge in [-0.05, 0) is 34.9 Å². The molecule has 11 heteroatoms. The van der Waals surface area contributed by atoms with Crippen molar-refractivity contribution in [2.24, 2.45) is 5.92 Å². The lowest BCUT2D eigenvalue weighted by Crippen LogP contribution is -2.54. The number of nitrogens with one attached hydrogen (secondary N) is 2. The molecule has 0 aliphatic heterocycles. The van der Waals surface area contributed by atoms with Gasteiger partial charge in [-0.25, -0.2) is 4.79 Å². The molecule has 1 aliphatic carbocycles. The largest absolute Gasteiger partial charge is 0.481 e. The Hall–Kier alpha value is -4.38. The molecule has 1 aliphatic rings. The van der Waals surface area contributed by atoms with Gasteiger partial charge in [0.15, 0.2) is 5.92 Å². The van der Waals surface area contributed by atoms with Crippen LogP contribution in [0.25, 0.3) is 11.1 Å². The zero-order valence-electron chi connectivity index (χ0n) is 22.2. The van der Waals surface area contributed by atoms with Crippen molar-refractivity contribution in [3.8, 4) is 11.1 Å². The van der Waals surface area contributed by atoms with Gasteiger partial charge in [0.1, 0.15) is 12.6 Å². The van der Waals surface area contributed by atoms with E-state index in [0.29, 0.717) is 6.54 Å². The number of ether oxygens (including phenoxy) is 1. The predicted molar refractivity (Wildman–Crippen MR) is 145 cm³/mol. The number of carboxylic acid groups (broad SMARTS) is 1. The van der Waals surface area contributed by atoms with Gasteiger partial charge in [-0.2, -0.15) is 13.2 Å². The predicted octanol–water partition coefficient (Wildman–Crippen LogP) is 4.41. The first-order valence-corrected chi connectivity index (χ1v) is 13.0. The molecule has 2 amide bonds. The molecule has 0 bridgehead atoms. The minimum Gasteiger partial charge on any atom is -0.481 e. The molecule has 0 heterocycles. The second-order valence-electron chi connectivity index (χ2n) is 9.88. The Morgan fingerprint density at radius 3 is 2.05 bits per heavy atom. The molecule has 3 N–H and O–H groups in total. The number of rotatable bonds is 11. The van der Waals surface area contributed by atoms with Crippen molar-refractivity contribution in [2.75, 3.05) is 26.7 Å². The Balaban J connectivity index is 1.44. The number of benzene rings is 3. The van der Waals surface area contributed by atoms with Crippen LogP contribution in [0, 0.1) is 5.92 Å². The molecule has 2 atom stereocenters. The van der Waals surface area contributed by atoms with E-state index < -0.39 is 42.7 Å². The monoisotopic (exact) mass is 569 g/mol. The van der Waals surface area contributed by atoms with Crippen LogP contribution in [0.5, 0.6) is 0 Å². The minimum atomic E-state index is -5.06. The molecule has 216 valence electrons. The number of halogens is 3. The fourth-order valence-corrected chi connectivity index (χ4v) is 4.92. The van der Waals surface area contributed by atoms with Gasteiger partial charge in [-0.15, -0.1) is 0 Å². The molecule has 0 fully saturated rings. The van der Waals surface area contributed by atoms with Crippen LogP contribution in [-0.4, -0.2) is 66.9 Å². The average molecular weight is 570 g/mol. The van der Waals surface area contributed by atoms with Gasteiger partial charge >= 0.3 is 18.2 Å². The number of alkyl carbamates (subject to hydrolysis) is 1. The van der Waals surface area contributed by atoms with E-state index in [-0.39, 0.29) is 19.1 Å². The number of hydrogen-bond acceptors (Lipinski definition) is 5. The summed E-state index contributed by atoms with van der Waals surface area (Å²) >= 11 is 0. The van der Waals surface area contributed by atoms with Gasteiger partial charge in [-0.3, -0.25) is 14.5 Å². The van der Waals surface area contributed by atoms with Crippen LogP contribution < -0.4 is 10.6 Å². The Labute approximate surface area is 235 Å². The zero-order chi connectivity index (χ0) is 29.6. The van der Waals surface area contributed by atoms with Crippen LogP contribution in [0.4, 0.5) is 18.0 Å². The maximum absolute atomic E-state index is 13.1. The maximum atomic E-state index is 13.1. The third kappa shape index (κ3) is 7.43. The van der Waals surface area contributed by atoms with Crippen molar-refractivity contribution >= 4 is 18.0 Å². The normalized spacial score (nSPS) is 14.1. The molecule has 0 aromatic heterocycles. The van der Waals surface area contributed by atoms with E-state index in [1.165, 1.54) is 0 Å². The number of likely N-dealkylation sites (N-methyl/N-ethyl adjacent to an activating group) is 1. The summed E-state index contributed by atoms with van der Waals surface area (Å²) in [6.45, 7) is -0.891. The molecule has 41 heavy (non-hydrogen) atoms. The first-order chi connectivity index (χ1) is 19.5. The summed E-state index contributed by atoms with van der Waals surface area (Å²) in [4.78, 5) is 38.6. The Morgan fingerprint density at radius 1 is 0.927 bits per heavy atom. The molecule has 0 radical (unpaired) electrons. The summed E-state index contributed by atoms with van der Waals surface area (Å²) in [5.74, 6) is -6.10. The molecular weight excluding hydrogens is 539 g/mol. The van der Waals surface area contributed by atoms with E-state index in [9.17, 15) is 27.6 Å². The zero-order valence-corrected chi connectivity index (χ0v) is 22.2. The smallest absolute Gasteiger partial charge is 0.407 e. The molecule has 0 saturated carbocycles. The van der Waals surface area contributed by atoms with Crippen molar-refractivity contribution < 1.29 is 37.4 Å². The average Bonchev–Trinajstić information content (AvgIpc) is 3.24. The highest BCUT2D eigenvalue weighted by Gasteiger charge is 2.45. The number of aliphatic carboxylic acids is 1. The van der Waals surface area contributed by atoms with Crippen molar-refractivity contribution in [2.45, 2.75) is 24.7 Å². The topological polar surface area (TPSA) is 108 Å². The summed E-state index contributed by atoms with van der Waals surface area (Å²) in [5, 5.41) is 13.4. The lowest BCUT2D eigenvalue weighted by atomic mass is 9.98. The van der Waals surface area contributed by atoms with Gasteiger partial charge in [-0.1, -0.05) is 78.9 Å². The van der Waals surface area contributed by atoms with E-state index >= 15 is 0 Å². The van der Waals surface area contributed by atoms with Crippen molar-refractivity contribution in [1.82, 2.24) is 15.5 Å². The fraction of sp³-hybridized carbons (Fsp3) is 0.300. The number of carboxylic acids is 1. The Kier molecular flexibility index (Phi) is 9.28. The molecule has 0 spiro atoms. The number of fused-ring (bicyclic) bond motifs is 3. The first kappa shape index (κ1) is 29.6.